The van der Waals surface area contributed by atoms with Gasteiger partial charge in [-0.05, 0) is 380 Å². The zero-order chi connectivity index (χ0) is 103. The highest BCUT2D eigenvalue weighted by Gasteiger charge is 2.36. The topological polar surface area (TPSA) is 61.8 Å². The maximum Gasteiger partial charge on any atom is 0.338 e. The molecule has 8 aliphatic rings. The maximum atomic E-state index is 14.1. The molecule has 0 spiro atoms. The van der Waals surface area contributed by atoms with E-state index in [0.717, 1.165) is 100 Å². The van der Waals surface area contributed by atoms with Gasteiger partial charge in [0.05, 0.1) is 7.11 Å². The number of hydrogen-bond acceptors (Lipinski definition) is 5. The normalized spacial score (nSPS) is 24.0. The van der Waals surface area contributed by atoms with Gasteiger partial charge in [0.1, 0.15) is 11.5 Å². The molecule has 16 rings (SSSR count). The molecule has 0 radical (unpaired) electrons. The number of unbranched alkanes of at least 4 members (excludes halogenated alkanes) is 5. The van der Waals surface area contributed by atoms with Gasteiger partial charge < -0.3 is 14.2 Å². The van der Waals surface area contributed by atoms with Gasteiger partial charge in [-0.15, -0.1) is 0 Å². The van der Waals surface area contributed by atoms with Crippen molar-refractivity contribution in [3.8, 4) is 50.6 Å². The Morgan fingerprint density at radius 1 is 0.278 bits per heavy atom. The van der Waals surface area contributed by atoms with Crippen LogP contribution in [0.15, 0.2) is 212 Å². The van der Waals surface area contributed by atoms with Crippen LogP contribution in [-0.4, -0.2) is 19.0 Å². The molecule has 790 valence electrons. The zero-order valence-electron chi connectivity index (χ0n) is 93.7. The van der Waals surface area contributed by atoms with Crippen molar-refractivity contribution >= 4 is 11.9 Å². The molecule has 0 N–H and O–H groups in total. The highest BCUT2D eigenvalue weighted by molar-refractivity contribution is 5.89. The smallest absolute Gasteiger partial charge is 0.338 e. The second kappa shape index (κ2) is 66.4. The maximum absolute atomic E-state index is 14.1. The number of carbonyl (C=O) groups is 2. The summed E-state index contributed by atoms with van der Waals surface area (Å²) in [6.45, 7) is 35.2. The molecule has 0 bridgehead atoms. The first kappa shape index (κ1) is 118. The SMILES string of the molecule is C=C(C)C(=O)Oc1ccc(-c2ccc(OC(=O)C(=C)C)c(F)c2)cc1.CCCC1CCC(C2CCC(CC)CC2)CC1.CCCC1CCC(C2CCC(c3ccc(C)cc3)CC2)CC1.CCCCC1CCC(C2CCC(CCC)CC2)CC1.CCCCCc1ccc(-c2ccc(C)cc2)cc1.CCCCCc1ccc(-c2ccc(OC)cc2)cc1.CCCc1ccc(C2CCC(C3CCC(CCC)CC3)CC2)cc1. The summed E-state index contributed by atoms with van der Waals surface area (Å²) < 4.78 is 29.3. The number of halogens is 1. The van der Waals surface area contributed by atoms with Crippen LogP contribution < -0.4 is 14.2 Å². The first-order valence-corrected chi connectivity index (χ1v) is 59.8. The zero-order valence-corrected chi connectivity index (χ0v) is 93.7. The number of hydrogen-bond donors (Lipinski definition) is 0. The lowest BCUT2D eigenvalue weighted by Gasteiger charge is -2.38. The van der Waals surface area contributed by atoms with E-state index in [1.165, 1.54) is 326 Å². The van der Waals surface area contributed by atoms with Gasteiger partial charge in [-0.25, -0.2) is 14.0 Å². The second-order valence-corrected chi connectivity index (χ2v) is 46.4. The van der Waals surface area contributed by atoms with Crippen LogP contribution in [0.25, 0.3) is 33.4 Å². The van der Waals surface area contributed by atoms with Gasteiger partial charge in [-0.1, -0.05) is 424 Å². The Kier molecular flexibility index (Phi) is 54.3. The van der Waals surface area contributed by atoms with Gasteiger partial charge in [-0.2, -0.15) is 0 Å². The highest BCUT2D eigenvalue weighted by Crippen LogP contribution is 2.50. The monoisotopic (exact) mass is 1960 g/mol. The molecule has 144 heavy (non-hydrogen) atoms. The molecule has 8 aromatic rings. The Morgan fingerprint density at radius 2 is 0.549 bits per heavy atom. The van der Waals surface area contributed by atoms with Gasteiger partial charge in [0.25, 0.3) is 0 Å². The summed E-state index contributed by atoms with van der Waals surface area (Å²) in [7, 11) is 1.69. The van der Waals surface area contributed by atoms with Crippen molar-refractivity contribution in [2.75, 3.05) is 7.11 Å². The lowest BCUT2D eigenvalue weighted by molar-refractivity contribution is -0.131. The van der Waals surface area contributed by atoms with E-state index in [0.29, 0.717) is 22.4 Å². The molecule has 0 aliphatic heterocycles. The summed E-state index contributed by atoms with van der Waals surface area (Å²) in [5, 5.41) is 0. The summed E-state index contributed by atoms with van der Waals surface area (Å²) in [6.07, 6.45) is 78.8. The van der Waals surface area contributed by atoms with Gasteiger partial charge in [0.2, 0.25) is 0 Å². The molecule has 8 saturated carbocycles. The second-order valence-electron chi connectivity index (χ2n) is 46.4. The minimum atomic E-state index is -0.685. The van der Waals surface area contributed by atoms with Crippen molar-refractivity contribution in [1.29, 1.82) is 0 Å². The number of rotatable bonds is 36. The molecule has 0 amide bonds. The minimum Gasteiger partial charge on any atom is -0.497 e. The summed E-state index contributed by atoms with van der Waals surface area (Å²) in [4.78, 5) is 22.9. The number of benzene rings is 8. The molecule has 0 heterocycles. The van der Waals surface area contributed by atoms with E-state index >= 15 is 0 Å². The Morgan fingerprint density at radius 3 is 0.861 bits per heavy atom. The first-order valence-electron chi connectivity index (χ1n) is 59.8. The van der Waals surface area contributed by atoms with E-state index < -0.39 is 17.8 Å². The van der Waals surface area contributed by atoms with Crippen LogP contribution in [0.3, 0.4) is 0 Å². The number of methoxy groups -OCH3 is 1. The minimum absolute atomic E-state index is 0.163. The van der Waals surface area contributed by atoms with Crippen LogP contribution >= 0.6 is 0 Å². The Bertz CT molecular complexity index is 4760. The fourth-order valence-electron chi connectivity index (χ4n) is 26.1. The number of ether oxygens (including phenoxy) is 3. The van der Waals surface area contributed by atoms with Crippen molar-refractivity contribution in [3.05, 3.63) is 257 Å². The number of carbonyl (C=O) groups excluding carboxylic acids is 2. The van der Waals surface area contributed by atoms with Gasteiger partial charge in [0.15, 0.2) is 11.6 Å². The van der Waals surface area contributed by atoms with E-state index in [2.05, 4.69) is 223 Å². The molecule has 6 heteroatoms. The van der Waals surface area contributed by atoms with Crippen molar-refractivity contribution in [2.24, 2.45) is 82.9 Å². The van der Waals surface area contributed by atoms with E-state index in [-0.39, 0.29) is 11.3 Å². The third kappa shape index (κ3) is 41.1. The van der Waals surface area contributed by atoms with Crippen molar-refractivity contribution in [1.82, 2.24) is 0 Å². The Hall–Kier alpha value is -8.09. The summed E-state index contributed by atoms with van der Waals surface area (Å²) >= 11 is 0. The predicted octanol–water partition coefficient (Wildman–Crippen LogP) is 41.7. The third-order valence-corrected chi connectivity index (χ3v) is 35.5. The van der Waals surface area contributed by atoms with E-state index in [9.17, 15) is 14.0 Å². The average molecular weight is 1960 g/mol. The van der Waals surface area contributed by atoms with Crippen LogP contribution in [0.4, 0.5) is 4.39 Å². The highest BCUT2D eigenvalue weighted by atomic mass is 19.1. The standard InChI is InChI=1S/C24H38.C22H34.C20H17FO4.C19H36.C18H22O.C18H22.C17H32/c1-3-5-19-7-11-21(12-8-19)23-15-17-24(18-16-23)22-13-9-20(6-4-2)10-14-22;1-3-4-18-7-11-20(12-8-18)22-15-13-21(14-16-22)19-9-5-17(2)6-10-19;1-12(2)19(22)24-16-8-5-14(6-9-16)15-7-10-18(17(21)11-15)25-20(23)13(3)4;1-3-5-7-17-10-14-19(15-11-17)18-12-8-16(6-4-2)9-13-18;1-3-4-5-6-15-7-9-16(10-8-15)17-11-13-18(19-2)14-12-17;1-3-4-5-6-16-9-13-18(14-10-16)17-11-7-15(2)8-12-17;1-3-5-15-8-12-17(13-9-15)16-10-6-14(4-2)7-11-16/h7-8,11-12,20,22-24H,3-6,9-10,13-18H2,1-2H3;5-6,9-10,18,20-22H,3-4,7-8,11-16H2,1-2H3;5-11H,1,3H2,2,4H3;16-19H,3-15H2,1-2H3;7-14H,3-6H2,1-2H3;7-14H,3-6H2,1-2H3;14-17H,3-13H2,1-2H3. The van der Waals surface area contributed by atoms with E-state index in [1.807, 2.05) is 12.1 Å². The predicted molar refractivity (Wildman–Crippen MR) is 617 cm³/mol. The number of aryl methyl sites for hydroxylation is 5. The Labute approximate surface area is 880 Å². The van der Waals surface area contributed by atoms with Gasteiger partial charge in [-0.3, -0.25) is 0 Å². The van der Waals surface area contributed by atoms with Crippen LogP contribution in [-0.2, 0) is 28.9 Å². The molecule has 0 saturated heterocycles. The van der Waals surface area contributed by atoms with Crippen molar-refractivity contribution in [2.45, 2.75) is 449 Å². The summed E-state index contributed by atoms with van der Waals surface area (Å²) in [5.74, 6) is 16.0. The van der Waals surface area contributed by atoms with Crippen LogP contribution in [0.2, 0.25) is 0 Å². The fraction of sp³-hybridized carbons (Fsp3) is 0.609. The molecule has 8 fully saturated rings. The van der Waals surface area contributed by atoms with Crippen molar-refractivity contribution in [3.63, 3.8) is 0 Å². The number of esters is 2. The first-order chi connectivity index (χ1) is 70.1. The molecular formula is C138H201FO5. The van der Waals surface area contributed by atoms with E-state index in [4.69, 9.17) is 14.2 Å². The van der Waals surface area contributed by atoms with E-state index in [1.54, 1.807) is 145 Å². The average Bonchev–Trinajstić information content (AvgIpc) is 0.640. The molecular weight excluding hydrogens is 1760 g/mol. The van der Waals surface area contributed by atoms with Crippen molar-refractivity contribution < 1.29 is 28.2 Å². The van der Waals surface area contributed by atoms with Gasteiger partial charge >= 0.3 is 11.9 Å². The molecule has 0 unspecified atom stereocenters. The van der Waals surface area contributed by atoms with Gasteiger partial charge in [0, 0.05) is 11.1 Å². The van der Waals surface area contributed by atoms with Crippen LogP contribution in [0, 0.1) is 103 Å². The Balaban J connectivity index is 0.000000173. The fourth-order valence-corrected chi connectivity index (χ4v) is 26.1. The molecule has 8 aromatic carbocycles. The molecule has 0 aromatic heterocycles. The molecule has 5 nitrogen and oxygen atoms in total. The lowest BCUT2D eigenvalue weighted by Crippen LogP contribution is -2.25. The quantitative estimate of drug-likeness (QED) is 0.0169. The van der Waals surface area contributed by atoms with Crippen LogP contribution in [0.1, 0.15) is 454 Å². The largest absolute Gasteiger partial charge is 0.497 e. The molecule has 8 aliphatic carbocycles. The van der Waals surface area contributed by atoms with Crippen LogP contribution in [0.5, 0.6) is 17.2 Å². The third-order valence-electron chi connectivity index (χ3n) is 35.5. The summed E-state index contributed by atoms with van der Waals surface area (Å²) in [5.41, 5.74) is 17.2. The lowest BCUT2D eigenvalue weighted by atomic mass is 9.68. The summed E-state index contributed by atoms with van der Waals surface area (Å²) in [6, 6.07) is 64.6. The molecule has 0 atom stereocenters.